The quantitative estimate of drug-likeness (QED) is 0.807. The van der Waals surface area contributed by atoms with Crippen molar-refractivity contribution >= 4 is 5.91 Å². The Kier molecular flexibility index (Phi) is 3.02. The molecule has 1 N–H and O–H groups in total. The predicted molar refractivity (Wildman–Crippen MR) is 57.6 cm³/mol. The Labute approximate surface area is 89.4 Å². The van der Waals surface area contributed by atoms with E-state index in [1.165, 1.54) is 0 Å². The lowest BCUT2D eigenvalue weighted by Gasteiger charge is -2.28. The van der Waals surface area contributed by atoms with Crippen LogP contribution in [-0.2, 0) is 9.53 Å². The van der Waals surface area contributed by atoms with Crippen molar-refractivity contribution in [3.8, 4) is 0 Å². The van der Waals surface area contributed by atoms with Crippen molar-refractivity contribution < 1.29 is 9.53 Å². The zero-order valence-corrected chi connectivity index (χ0v) is 8.77. The third-order valence-corrected chi connectivity index (χ3v) is 2.68. The van der Waals surface area contributed by atoms with Crippen molar-refractivity contribution in [3.05, 3.63) is 35.9 Å². The van der Waals surface area contributed by atoms with Gasteiger partial charge in [-0.1, -0.05) is 30.3 Å². The van der Waals surface area contributed by atoms with Gasteiger partial charge in [-0.25, -0.2) is 0 Å². The number of hydrogen-bond donors (Lipinski definition) is 1. The number of amides is 1. The number of carbonyl (C=O) groups is 1. The van der Waals surface area contributed by atoms with Gasteiger partial charge in [0.25, 0.3) is 0 Å². The van der Waals surface area contributed by atoms with Crippen molar-refractivity contribution in [3.63, 3.8) is 0 Å². The molecule has 1 aliphatic heterocycles. The van der Waals surface area contributed by atoms with E-state index in [1.54, 1.807) is 0 Å². The Bertz CT molecular complexity index is 333. The van der Waals surface area contributed by atoms with Crippen LogP contribution in [0.3, 0.4) is 0 Å². The lowest BCUT2D eigenvalue weighted by molar-refractivity contribution is -0.126. The number of ether oxygens (including phenoxy) is 1. The van der Waals surface area contributed by atoms with Crippen LogP contribution >= 0.6 is 0 Å². The standard InChI is InChI=1S/C12H15NO2/c1-9(10-5-3-2-4-6-10)12(14)13-11-7-15-8-11/h2-6,9,11H,7-8H2,1H3,(H,13,14). The highest BCUT2D eigenvalue weighted by atomic mass is 16.5. The van der Waals surface area contributed by atoms with E-state index in [-0.39, 0.29) is 17.9 Å². The molecule has 2 rings (SSSR count). The second kappa shape index (κ2) is 4.45. The van der Waals surface area contributed by atoms with Crippen LogP contribution in [0.15, 0.2) is 30.3 Å². The molecule has 15 heavy (non-hydrogen) atoms. The number of benzene rings is 1. The second-order valence-corrected chi connectivity index (χ2v) is 3.88. The first-order chi connectivity index (χ1) is 7.27. The minimum absolute atomic E-state index is 0.0782. The molecule has 0 saturated carbocycles. The molecule has 0 aliphatic carbocycles. The first-order valence-corrected chi connectivity index (χ1v) is 5.20. The van der Waals surface area contributed by atoms with Gasteiger partial charge in [0.1, 0.15) is 0 Å². The van der Waals surface area contributed by atoms with Crippen molar-refractivity contribution in [1.82, 2.24) is 5.32 Å². The largest absolute Gasteiger partial charge is 0.377 e. The summed E-state index contributed by atoms with van der Waals surface area (Å²) in [6, 6.07) is 10.0. The number of hydrogen-bond acceptors (Lipinski definition) is 2. The van der Waals surface area contributed by atoms with E-state index in [2.05, 4.69) is 5.32 Å². The number of rotatable bonds is 3. The van der Waals surface area contributed by atoms with Gasteiger partial charge in [0.2, 0.25) is 5.91 Å². The first-order valence-electron chi connectivity index (χ1n) is 5.20. The topological polar surface area (TPSA) is 38.3 Å². The molecule has 0 radical (unpaired) electrons. The van der Waals surface area contributed by atoms with E-state index in [1.807, 2.05) is 37.3 Å². The van der Waals surface area contributed by atoms with Crippen molar-refractivity contribution in [2.75, 3.05) is 13.2 Å². The molecule has 1 atom stereocenters. The highest BCUT2D eigenvalue weighted by Gasteiger charge is 2.23. The molecule has 1 amide bonds. The maximum atomic E-state index is 11.8. The molecule has 80 valence electrons. The molecule has 0 spiro atoms. The Morgan fingerprint density at radius 1 is 1.40 bits per heavy atom. The summed E-state index contributed by atoms with van der Waals surface area (Å²) in [4.78, 5) is 11.8. The molecular formula is C12H15NO2. The highest BCUT2D eigenvalue weighted by molar-refractivity contribution is 5.83. The Morgan fingerprint density at radius 2 is 2.07 bits per heavy atom. The van der Waals surface area contributed by atoms with Crippen LogP contribution in [0.2, 0.25) is 0 Å². The summed E-state index contributed by atoms with van der Waals surface area (Å²) in [6.45, 7) is 3.21. The van der Waals surface area contributed by atoms with Gasteiger partial charge in [-0.3, -0.25) is 4.79 Å². The average molecular weight is 205 g/mol. The van der Waals surface area contributed by atoms with E-state index in [4.69, 9.17) is 4.74 Å². The Balaban J connectivity index is 1.94. The smallest absolute Gasteiger partial charge is 0.227 e. The fourth-order valence-electron chi connectivity index (χ4n) is 1.54. The van der Waals surface area contributed by atoms with E-state index in [9.17, 15) is 4.79 Å². The zero-order chi connectivity index (χ0) is 10.7. The summed E-state index contributed by atoms with van der Waals surface area (Å²) in [6.07, 6.45) is 0. The van der Waals surface area contributed by atoms with Crippen LogP contribution < -0.4 is 5.32 Å². The van der Waals surface area contributed by atoms with E-state index in [0.29, 0.717) is 13.2 Å². The van der Waals surface area contributed by atoms with Gasteiger partial charge in [0, 0.05) is 0 Å². The maximum absolute atomic E-state index is 11.8. The predicted octanol–water partition coefficient (Wildman–Crippen LogP) is 1.31. The Morgan fingerprint density at radius 3 is 2.60 bits per heavy atom. The van der Waals surface area contributed by atoms with E-state index < -0.39 is 0 Å². The van der Waals surface area contributed by atoms with Gasteiger partial charge in [0.15, 0.2) is 0 Å². The van der Waals surface area contributed by atoms with Crippen molar-refractivity contribution in [2.45, 2.75) is 18.9 Å². The van der Waals surface area contributed by atoms with Crippen LogP contribution in [-0.4, -0.2) is 25.2 Å². The van der Waals surface area contributed by atoms with E-state index >= 15 is 0 Å². The minimum Gasteiger partial charge on any atom is -0.377 e. The minimum atomic E-state index is -0.0909. The SMILES string of the molecule is CC(C(=O)NC1COC1)c1ccccc1. The molecule has 3 heteroatoms. The molecule has 1 fully saturated rings. The van der Waals surface area contributed by atoms with Crippen LogP contribution in [0.5, 0.6) is 0 Å². The van der Waals surface area contributed by atoms with Crippen LogP contribution in [0.25, 0.3) is 0 Å². The van der Waals surface area contributed by atoms with Crippen molar-refractivity contribution in [1.29, 1.82) is 0 Å². The molecule has 0 bridgehead atoms. The summed E-state index contributed by atoms with van der Waals surface area (Å²) < 4.78 is 5.01. The number of nitrogens with one attached hydrogen (secondary N) is 1. The summed E-state index contributed by atoms with van der Waals surface area (Å²) in [5, 5.41) is 2.95. The van der Waals surface area contributed by atoms with Crippen LogP contribution in [0.4, 0.5) is 0 Å². The molecule has 1 aromatic carbocycles. The van der Waals surface area contributed by atoms with Gasteiger partial charge in [-0.2, -0.15) is 0 Å². The van der Waals surface area contributed by atoms with Gasteiger partial charge in [0.05, 0.1) is 25.2 Å². The lowest BCUT2D eigenvalue weighted by atomic mass is 10.00. The first kappa shape index (κ1) is 10.2. The summed E-state index contributed by atoms with van der Waals surface area (Å²) in [5.41, 5.74) is 1.05. The highest BCUT2D eigenvalue weighted by Crippen LogP contribution is 2.15. The monoisotopic (exact) mass is 205 g/mol. The molecular weight excluding hydrogens is 190 g/mol. The van der Waals surface area contributed by atoms with Crippen LogP contribution in [0.1, 0.15) is 18.4 Å². The average Bonchev–Trinajstić information content (AvgIpc) is 2.23. The molecule has 1 heterocycles. The molecule has 1 aromatic rings. The van der Waals surface area contributed by atoms with Gasteiger partial charge >= 0.3 is 0 Å². The lowest BCUT2D eigenvalue weighted by Crippen LogP contribution is -2.49. The summed E-state index contributed by atoms with van der Waals surface area (Å²) in [5.74, 6) is -0.0127. The fraction of sp³-hybridized carbons (Fsp3) is 0.417. The summed E-state index contributed by atoms with van der Waals surface area (Å²) >= 11 is 0. The summed E-state index contributed by atoms with van der Waals surface area (Å²) in [7, 11) is 0. The van der Waals surface area contributed by atoms with Gasteiger partial charge in [-0.15, -0.1) is 0 Å². The molecule has 3 nitrogen and oxygen atoms in total. The van der Waals surface area contributed by atoms with Gasteiger partial charge < -0.3 is 10.1 Å². The van der Waals surface area contributed by atoms with E-state index in [0.717, 1.165) is 5.56 Å². The fourth-order valence-corrected chi connectivity index (χ4v) is 1.54. The normalized spacial score (nSPS) is 17.9. The molecule has 1 saturated heterocycles. The third-order valence-electron chi connectivity index (χ3n) is 2.68. The van der Waals surface area contributed by atoms with Crippen molar-refractivity contribution in [2.24, 2.45) is 0 Å². The molecule has 1 unspecified atom stereocenters. The van der Waals surface area contributed by atoms with Crippen LogP contribution in [0, 0.1) is 0 Å². The molecule has 0 aromatic heterocycles. The number of carbonyl (C=O) groups excluding carboxylic acids is 1. The second-order valence-electron chi connectivity index (χ2n) is 3.88. The van der Waals surface area contributed by atoms with Gasteiger partial charge in [-0.05, 0) is 12.5 Å². The third kappa shape index (κ3) is 2.36. The Hall–Kier alpha value is -1.35. The molecule has 1 aliphatic rings. The maximum Gasteiger partial charge on any atom is 0.227 e. The zero-order valence-electron chi connectivity index (χ0n) is 8.77.